The molecule has 0 radical (unpaired) electrons. The Kier molecular flexibility index (Phi) is 4.02. The summed E-state index contributed by atoms with van der Waals surface area (Å²) in [4.78, 5) is 40.7. The molecule has 3 rings (SSSR count). The second-order valence-electron chi connectivity index (χ2n) is 5.20. The molecule has 0 bridgehead atoms. The Labute approximate surface area is 139 Å². The van der Waals surface area contributed by atoms with Crippen LogP contribution in [-0.4, -0.2) is 49.4 Å². The van der Waals surface area contributed by atoms with E-state index in [9.17, 15) is 19.5 Å². The summed E-state index contributed by atoms with van der Waals surface area (Å²) in [7, 11) is 0. The fourth-order valence-electron chi connectivity index (χ4n) is 2.52. The number of nitrogen functional groups attached to an aromatic ring is 1. The summed E-state index contributed by atoms with van der Waals surface area (Å²) in [5.74, 6) is -1.89. The van der Waals surface area contributed by atoms with Crippen LogP contribution < -0.4 is 11.1 Å². The van der Waals surface area contributed by atoms with Gasteiger partial charge in [-0.1, -0.05) is 0 Å². The number of β-lactam (4-membered cyclic amide) rings is 1. The number of carboxylic acid groups (broad SMARTS) is 1. The molecule has 0 saturated carbocycles. The van der Waals surface area contributed by atoms with Gasteiger partial charge in [-0.2, -0.15) is 0 Å². The summed E-state index contributed by atoms with van der Waals surface area (Å²) in [6.07, 6.45) is 1.57. The predicted molar refractivity (Wildman–Crippen MR) is 85.6 cm³/mol. The van der Waals surface area contributed by atoms with Crippen LogP contribution in [0, 0.1) is 0 Å². The minimum atomic E-state index is -1.14. The number of carbonyl (C=O) groups excluding carboxylic acids is 2. The van der Waals surface area contributed by atoms with E-state index in [1.807, 2.05) is 6.92 Å². The predicted octanol–water partition coefficient (Wildman–Crippen LogP) is 0.0247. The molecule has 2 amide bonds. The quantitative estimate of drug-likeness (QED) is 0.651. The van der Waals surface area contributed by atoms with Gasteiger partial charge < -0.3 is 16.2 Å². The minimum absolute atomic E-state index is 0.0241. The Morgan fingerprint density at radius 3 is 2.87 bits per heavy atom. The van der Waals surface area contributed by atoms with Crippen molar-refractivity contribution in [2.24, 2.45) is 0 Å². The average molecular weight is 354 g/mol. The van der Waals surface area contributed by atoms with Gasteiger partial charge in [-0.05, 0) is 13.0 Å². The molecule has 1 aromatic rings. The number of thioether (sulfide) groups is 1. The highest BCUT2D eigenvalue weighted by molar-refractivity contribution is 8.00. The van der Waals surface area contributed by atoms with Crippen molar-refractivity contribution in [3.63, 3.8) is 0 Å². The van der Waals surface area contributed by atoms with Crippen molar-refractivity contribution < 1.29 is 19.5 Å². The van der Waals surface area contributed by atoms with Crippen LogP contribution >= 0.6 is 23.1 Å². The topological polar surface area (TPSA) is 126 Å². The Bertz CT molecular complexity index is 717. The molecule has 1 aromatic heterocycles. The highest BCUT2D eigenvalue weighted by Crippen LogP contribution is 2.40. The van der Waals surface area contributed by atoms with Crippen LogP contribution in [0.15, 0.2) is 17.2 Å². The van der Waals surface area contributed by atoms with Gasteiger partial charge in [-0.3, -0.25) is 14.5 Å². The van der Waals surface area contributed by atoms with Crippen LogP contribution in [-0.2, 0) is 20.8 Å². The molecule has 1 fully saturated rings. The van der Waals surface area contributed by atoms with Crippen molar-refractivity contribution in [3.05, 3.63) is 22.8 Å². The van der Waals surface area contributed by atoms with Crippen LogP contribution in [0.2, 0.25) is 0 Å². The third-order valence-corrected chi connectivity index (χ3v) is 5.55. The Hall–Kier alpha value is -2.07. The molecular formula is C13H14N4O4S2. The lowest BCUT2D eigenvalue weighted by molar-refractivity contribution is -0.150. The molecule has 8 nitrogen and oxygen atoms in total. The number of aliphatic carboxylic acids is 1. The molecule has 0 spiro atoms. The zero-order valence-corrected chi connectivity index (χ0v) is 13.7. The Morgan fingerprint density at radius 1 is 1.52 bits per heavy atom. The monoisotopic (exact) mass is 354 g/mol. The highest BCUT2D eigenvalue weighted by Gasteiger charge is 2.53. The zero-order chi connectivity index (χ0) is 16.7. The second kappa shape index (κ2) is 5.85. The van der Waals surface area contributed by atoms with Gasteiger partial charge in [-0.15, -0.1) is 23.1 Å². The van der Waals surface area contributed by atoms with Crippen LogP contribution in [0.25, 0.3) is 0 Å². The number of carboxylic acids is 1. The van der Waals surface area contributed by atoms with Crippen molar-refractivity contribution in [2.45, 2.75) is 30.0 Å². The fourth-order valence-corrected chi connectivity index (χ4v) is 4.41. The maximum absolute atomic E-state index is 12.2. The molecule has 3 atom stereocenters. The first-order valence-corrected chi connectivity index (χ1v) is 8.62. The molecule has 2 aliphatic rings. The SMILES string of the molecule is CC1C=C(C(=O)O)N2C(=O)C(NC(=O)Cc3csc(N)n3)[C@H]2S1. The zero-order valence-electron chi connectivity index (χ0n) is 12.1. The van der Waals surface area contributed by atoms with Crippen molar-refractivity contribution in [2.75, 3.05) is 5.73 Å². The van der Waals surface area contributed by atoms with E-state index in [-0.39, 0.29) is 23.3 Å². The fraction of sp³-hybridized carbons (Fsp3) is 0.385. The maximum atomic E-state index is 12.2. The lowest BCUT2D eigenvalue weighted by atomic mass is 10.0. The van der Waals surface area contributed by atoms with Crippen molar-refractivity contribution in [1.29, 1.82) is 0 Å². The number of fused-ring (bicyclic) bond motifs is 1. The standard InChI is InChI=1S/C13H14N4O4S2/c1-5-2-7(12(20)21)17-10(19)9(11(17)23-5)16-8(18)3-6-4-22-13(14)15-6/h2,4-5,9,11H,3H2,1H3,(H2,14,15)(H,16,18)(H,20,21)/t5?,9?,11-/m1/s1. The van der Waals surface area contributed by atoms with Gasteiger partial charge in [0, 0.05) is 10.6 Å². The molecule has 23 heavy (non-hydrogen) atoms. The van der Waals surface area contributed by atoms with Crippen LogP contribution in [0.1, 0.15) is 12.6 Å². The van der Waals surface area contributed by atoms with Crippen LogP contribution in [0.3, 0.4) is 0 Å². The van der Waals surface area contributed by atoms with Gasteiger partial charge in [0.15, 0.2) is 5.13 Å². The summed E-state index contributed by atoms with van der Waals surface area (Å²) >= 11 is 2.68. The summed E-state index contributed by atoms with van der Waals surface area (Å²) in [5, 5.41) is 13.5. The van der Waals surface area contributed by atoms with Crippen molar-refractivity contribution in [1.82, 2.24) is 15.2 Å². The van der Waals surface area contributed by atoms with Gasteiger partial charge in [-0.25, -0.2) is 9.78 Å². The first-order valence-electron chi connectivity index (χ1n) is 6.79. The van der Waals surface area contributed by atoms with E-state index in [0.717, 1.165) is 0 Å². The molecule has 2 aliphatic heterocycles. The molecule has 3 heterocycles. The van der Waals surface area contributed by atoms with Gasteiger partial charge in [0.25, 0.3) is 5.91 Å². The molecule has 0 aliphatic carbocycles. The highest BCUT2D eigenvalue weighted by atomic mass is 32.2. The van der Waals surface area contributed by atoms with E-state index >= 15 is 0 Å². The average Bonchev–Trinajstić information content (AvgIpc) is 2.88. The van der Waals surface area contributed by atoms with Crippen LogP contribution in [0.4, 0.5) is 5.13 Å². The molecule has 2 unspecified atom stereocenters. The van der Waals surface area contributed by atoms with Crippen molar-refractivity contribution in [3.8, 4) is 0 Å². The number of thiazole rings is 1. The van der Waals surface area contributed by atoms with E-state index in [4.69, 9.17) is 5.73 Å². The van der Waals surface area contributed by atoms with Gasteiger partial charge in [0.2, 0.25) is 5.91 Å². The second-order valence-corrected chi connectivity index (χ2v) is 7.58. The maximum Gasteiger partial charge on any atom is 0.352 e. The largest absolute Gasteiger partial charge is 0.477 e. The van der Waals surface area contributed by atoms with E-state index in [1.54, 1.807) is 5.38 Å². The summed E-state index contributed by atoms with van der Waals surface area (Å²) in [5.41, 5.74) is 6.03. The van der Waals surface area contributed by atoms with E-state index < -0.39 is 23.3 Å². The first kappa shape index (κ1) is 15.8. The normalized spacial score (nSPS) is 26.1. The van der Waals surface area contributed by atoms with Gasteiger partial charge in [0.05, 0.1) is 12.1 Å². The number of amides is 2. The number of nitrogens with two attached hydrogens (primary N) is 1. The molecule has 4 N–H and O–H groups in total. The molecule has 0 aromatic carbocycles. The number of anilines is 1. The summed E-state index contributed by atoms with van der Waals surface area (Å²) in [6.45, 7) is 1.85. The number of rotatable bonds is 4. The number of hydrogen-bond donors (Lipinski definition) is 3. The molecule has 122 valence electrons. The van der Waals surface area contributed by atoms with E-state index in [1.165, 1.54) is 34.1 Å². The van der Waals surface area contributed by atoms with Gasteiger partial charge >= 0.3 is 5.97 Å². The number of carbonyl (C=O) groups is 3. The first-order chi connectivity index (χ1) is 10.9. The van der Waals surface area contributed by atoms with E-state index in [2.05, 4.69) is 10.3 Å². The number of aromatic nitrogens is 1. The third kappa shape index (κ3) is 2.91. The van der Waals surface area contributed by atoms with Gasteiger partial charge in [0.1, 0.15) is 17.1 Å². The molecular weight excluding hydrogens is 340 g/mol. The minimum Gasteiger partial charge on any atom is -0.477 e. The Balaban J connectivity index is 1.66. The number of nitrogens with zero attached hydrogens (tertiary/aromatic N) is 2. The molecule has 1 saturated heterocycles. The van der Waals surface area contributed by atoms with Crippen molar-refractivity contribution >= 4 is 46.0 Å². The summed E-state index contributed by atoms with van der Waals surface area (Å²) in [6, 6.07) is -0.714. The number of nitrogens with one attached hydrogen (secondary N) is 1. The summed E-state index contributed by atoms with van der Waals surface area (Å²) < 4.78 is 0. The number of hydrogen-bond acceptors (Lipinski definition) is 7. The lowest BCUT2D eigenvalue weighted by Gasteiger charge is -2.49. The van der Waals surface area contributed by atoms with E-state index in [0.29, 0.717) is 10.8 Å². The third-order valence-electron chi connectivity index (χ3n) is 3.50. The smallest absolute Gasteiger partial charge is 0.352 e. The molecule has 10 heteroatoms. The lowest BCUT2D eigenvalue weighted by Crippen LogP contribution is -2.70. The van der Waals surface area contributed by atoms with Crippen LogP contribution in [0.5, 0.6) is 0 Å². The Morgan fingerprint density at radius 2 is 2.26 bits per heavy atom.